The van der Waals surface area contributed by atoms with Gasteiger partial charge < -0.3 is 15.2 Å². The first-order chi connectivity index (χ1) is 12.6. The lowest BCUT2D eigenvalue weighted by Crippen LogP contribution is -2.30. The van der Waals surface area contributed by atoms with E-state index in [0.717, 1.165) is 38.0 Å². The Hall–Kier alpha value is -1.97. The summed E-state index contributed by atoms with van der Waals surface area (Å²) in [7, 11) is -3.37. The average molecular weight is 394 g/mol. The highest BCUT2D eigenvalue weighted by Gasteiger charge is 2.26. The largest absolute Gasteiger partial charge is 0.362 e. The molecule has 1 saturated heterocycles. The predicted molar refractivity (Wildman–Crippen MR) is 106 cm³/mol. The van der Waals surface area contributed by atoms with E-state index in [4.69, 9.17) is 12.2 Å². The molecule has 0 amide bonds. The van der Waals surface area contributed by atoms with Crippen LogP contribution >= 0.6 is 12.2 Å². The SMILES string of the molecule is O=S(=O)(c1ccc(NC(=S)NCCCn2ccnc2)cc1)N1CCCC1. The smallest absolute Gasteiger partial charge is 0.243 e. The number of aryl methyl sites for hydroxylation is 1. The van der Waals surface area contributed by atoms with Gasteiger partial charge in [-0.05, 0) is 55.7 Å². The fourth-order valence-electron chi connectivity index (χ4n) is 2.85. The first-order valence-electron chi connectivity index (χ1n) is 8.66. The molecule has 0 unspecified atom stereocenters. The van der Waals surface area contributed by atoms with Crippen molar-refractivity contribution in [3.63, 3.8) is 0 Å². The zero-order valence-corrected chi connectivity index (χ0v) is 16.1. The van der Waals surface area contributed by atoms with Crippen LogP contribution in [-0.2, 0) is 16.6 Å². The van der Waals surface area contributed by atoms with E-state index in [9.17, 15) is 8.42 Å². The Morgan fingerprint density at radius 1 is 1.19 bits per heavy atom. The molecule has 1 aliphatic heterocycles. The Kier molecular flexibility index (Phi) is 6.23. The standard InChI is InChI=1S/C17H23N5O2S2/c23-26(24,22-11-1-2-12-22)16-6-4-15(5-7-16)20-17(25)19-8-3-10-21-13-9-18-14-21/h4-7,9,13-14H,1-3,8,10-12H2,(H2,19,20,25). The van der Waals surface area contributed by atoms with Gasteiger partial charge in [-0.2, -0.15) is 4.31 Å². The van der Waals surface area contributed by atoms with Crippen LogP contribution in [0.4, 0.5) is 5.69 Å². The molecule has 0 radical (unpaired) electrons. The van der Waals surface area contributed by atoms with E-state index in [1.165, 1.54) is 0 Å². The summed E-state index contributed by atoms with van der Waals surface area (Å²) < 4.78 is 28.6. The zero-order chi connectivity index (χ0) is 18.4. The van der Waals surface area contributed by atoms with Gasteiger partial charge in [0, 0.05) is 44.3 Å². The fourth-order valence-corrected chi connectivity index (χ4v) is 4.58. The molecule has 1 aromatic heterocycles. The normalized spacial score (nSPS) is 15.1. The first-order valence-corrected chi connectivity index (χ1v) is 10.5. The number of nitrogens with zero attached hydrogens (tertiary/aromatic N) is 3. The summed E-state index contributed by atoms with van der Waals surface area (Å²) in [5.41, 5.74) is 0.762. The number of hydrogen-bond acceptors (Lipinski definition) is 4. The van der Waals surface area contributed by atoms with Crippen LogP contribution in [0.5, 0.6) is 0 Å². The van der Waals surface area contributed by atoms with Crippen LogP contribution in [-0.4, -0.2) is 47.0 Å². The molecule has 1 fully saturated rings. The van der Waals surface area contributed by atoms with Crippen molar-refractivity contribution in [2.75, 3.05) is 25.0 Å². The van der Waals surface area contributed by atoms with E-state index in [2.05, 4.69) is 15.6 Å². The maximum absolute atomic E-state index is 12.5. The molecule has 0 bridgehead atoms. The van der Waals surface area contributed by atoms with Gasteiger partial charge in [0.2, 0.25) is 10.0 Å². The summed E-state index contributed by atoms with van der Waals surface area (Å²) in [6.07, 6.45) is 8.25. The minimum atomic E-state index is -3.37. The van der Waals surface area contributed by atoms with Gasteiger partial charge >= 0.3 is 0 Å². The third kappa shape index (κ3) is 4.80. The highest BCUT2D eigenvalue weighted by Crippen LogP contribution is 2.22. The van der Waals surface area contributed by atoms with Crippen LogP contribution in [0.1, 0.15) is 19.3 Å². The van der Waals surface area contributed by atoms with Crippen molar-refractivity contribution >= 4 is 33.0 Å². The topological polar surface area (TPSA) is 79.3 Å². The third-order valence-corrected chi connectivity index (χ3v) is 6.41. The molecule has 2 N–H and O–H groups in total. The Morgan fingerprint density at radius 3 is 2.58 bits per heavy atom. The lowest BCUT2D eigenvalue weighted by Gasteiger charge is -2.16. The summed E-state index contributed by atoms with van der Waals surface area (Å²) in [5.74, 6) is 0. The molecule has 9 heteroatoms. The van der Waals surface area contributed by atoms with Gasteiger partial charge in [0.15, 0.2) is 5.11 Å². The molecule has 2 heterocycles. The van der Waals surface area contributed by atoms with Crippen molar-refractivity contribution in [2.45, 2.75) is 30.7 Å². The lowest BCUT2D eigenvalue weighted by molar-refractivity contribution is 0.477. The quantitative estimate of drug-likeness (QED) is 0.554. The summed E-state index contributed by atoms with van der Waals surface area (Å²) in [6.45, 7) is 2.83. The maximum Gasteiger partial charge on any atom is 0.243 e. The van der Waals surface area contributed by atoms with Gasteiger partial charge in [-0.15, -0.1) is 0 Å². The molecule has 1 aromatic carbocycles. The van der Waals surface area contributed by atoms with Gasteiger partial charge in [0.25, 0.3) is 0 Å². The van der Waals surface area contributed by atoms with Crippen molar-refractivity contribution in [1.29, 1.82) is 0 Å². The van der Waals surface area contributed by atoms with Crippen molar-refractivity contribution < 1.29 is 8.42 Å². The van der Waals surface area contributed by atoms with Crippen molar-refractivity contribution in [1.82, 2.24) is 19.2 Å². The number of imidazole rings is 1. The van der Waals surface area contributed by atoms with Crippen LogP contribution in [0.2, 0.25) is 0 Å². The number of thiocarbonyl (C=S) groups is 1. The maximum atomic E-state index is 12.5. The number of sulfonamides is 1. The fraction of sp³-hybridized carbons (Fsp3) is 0.412. The molecule has 140 valence electrons. The average Bonchev–Trinajstić information content (AvgIpc) is 3.33. The number of hydrogen-bond donors (Lipinski definition) is 2. The summed E-state index contributed by atoms with van der Waals surface area (Å²) >= 11 is 5.28. The van der Waals surface area contributed by atoms with E-state index in [1.807, 2.05) is 10.8 Å². The van der Waals surface area contributed by atoms with E-state index in [-0.39, 0.29) is 0 Å². The molecule has 1 aliphatic rings. The summed E-state index contributed by atoms with van der Waals surface area (Å²) in [5, 5.41) is 6.74. The molecule has 2 aromatic rings. The second-order valence-corrected chi connectivity index (χ2v) is 8.52. The Labute approximate surface area is 159 Å². The van der Waals surface area contributed by atoms with Crippen LogP contribution in [0.3, 0.4) is 0 Å². The molecule has 0 saturated carbocycles. The van der Waals surface area contributed by atoms with E-state index in [1.54, 1.807) is 41.1 Å². The van der Waals surface area contributed by atoms with Crippen LogP contribution in [0.25, 0.3) is 0 Å². The minimum Gasteiger partial charge on any atom is -0.362 e. The van der Waals surface area contributed by atoms with Crippen LogP contribution in [0.15, 0.2) is 47.9 Å². The number of aromatic nitrogens is 2. The monoisotopic (exact) mass is 393 g/mol. The molecule has 0 atom stereocenters. The molecule has 3 rings (SSSR count). The van der Waals surface area contributed by atoms with Gasteiger partial charge in [0.05, 0.1) is 11.2 Å². The molecular weight excluding hydrogens is 370 g/mol. The Bertz CT molecular complexity index is 813. The molecular formula is C17H23N5O2S2. The Balaban J connectivity index is 1.46. The van der Waals surface area contributed by atoms with Crippen LogP contribution < -0.4 is 10.6 Å². The molecule has 26 heavy (non-hydrogen) atoms. The lowest BCUT2D eigenvalue weighted by atomic mass is 10.3. The molecule has 0 spiro atoms. The number of nitrogens with one attached hydrogen (secondary N) is 2. The Morgan fingerprint density at radius 2 is 1.92 bits per heavy atom. The van der Waals surface area contributed by atoms with Crippen LogP contribution in [0, 0.1) is 0 Å². The molecule has 7 nitrogen and oxygen atoms in total. The number of rotatable bonds is 7. The highest BCUT2D eigenvalue weighted by atomic mass is 32.2. The zero-order valence-electron chi connectivity index (χ0n) is 14.5. The van der Waals surface area contributed by atoms with E-state index in [0.29, 0.717) is 23.1 Å². The van der Waals surface area contributed by atoms with E-state index < -0.39 is 10.0 Å². The first kappa shape index (κ1) is 18.8. The summed E-state index contributed by atoms with van der Waals surface area (Å²) in [4.78, 5) is 4.32. The van der Waals surface area contributed by atoms with Crippen molar-refractivity contribution in [3.05, 3.63) is 43.0 Å². The van der Waals surface area contributed by atoms with Crippen molar-refractivity contribution in [3.8, 4) is 0 Å². The number of benzene rings is 1. The summed E-state index contributed by atoms with van der Waals surface area (Å²) in [6, 6.07) is 6.72. The number of anilines is 1. The van der Waals surface area contributed by atoms with Gasteiger partial charge in [0.1, 0.15) is 0 Å². The van der Waals surface area contributed by atoms with Crippen molar-refractivity contribution in [2.24, 2.45) is 0 Å². The van der Waals surface area contributed by atoms with Gasteiger partial charge in [-0.25, -0.2) is 13.4 Å². The third-order valence-electron chi connectivity index (χ3n) is 4.25. The highest BCUT2D eigenvalue weighted by molar-refractivity contribution is 7.89. The minimum absolute atomic E-state index is 0.323. The van der Waals surface area contributed by atoms with Gasteiger partial charge in [-0.3, -0.25) is 0 Å². The predicted octanol–water partition coefficient (Wildman–Crippen LogP) is 2.04. The van der Waals surface area contributed by atoms with Gasteiger partial charge in [-0.1, -0.05) is 0 Å². The van der Waals surface area contributed by atoms with E-state index >= 15 is 0 Å². The second kappa shape index (κ2) is 8.61. The molecule has 0 aliphatic carbocycles. The second-order valence-electron chi connectivity index (χ2n) is 6.17.